The maximum absolute atomic E-state index is 13.2. The summed E-state index contributed by atoms with van der Waals surface area (Å²) in [4.78, 5) is 0. The predicted octanol–water partition coefficient (Wildman–Crippen LogP) is 5.20. The van der Waals surface area contributed by atoms with Crippen LogP contribution in [0.3, 0.4) is 0 Å². The van der Waals surface area contributed by atoms with Gasteiger partial charge in [0.2, 0.25) is 0 Å². The van der Waals surface area contributed by atoms with Gasteiger partial charge in [-0.05, 0) is 42.8 Å². The minimum atomic E-state index is -0.231. The summed E-state index contributed by atoms with van der Waals surface area (Å²) in [6.45, 7) is 4.70. The number of benzene rings is 1. The van der Waals surface area contributed by atoms with Crippen molar-refractivity contribution in [1.29, 1.82) is 0 Å². The summed E-state index contributed by atoms with van der Waals surface area (Å²) in [6, 6.07) is 6.59. The molecule has 1 N–H and O–H groups in total. The van der Waals surface area contributed by atoms with E-state index in [1.807, 2.05) is 19.9 Å². The Morgan fingerprint density at radius 1 is 1.26 bits per heavy atom. The third-order valence-electron chi connectivity index (χ3n) is 2.95. The second-order valence-corrected chi connectivity index (χ2v) is 6.56. The van der Waals surface area contributed by atoms with Crippen molar-refractivity contribution in [1.82, 2.24) is 5.32 Å². The van der Waals surface area contributed by atoms with E-state index in [1.54, 1.807) is 6.07 Å². The highest BCUT2D eigenvalue weighted by Crippen LogP contribution is 2.38. The predicted molar refractivity (Wildman–Crippen MR) is 81.0 cm³/mol. The van der Waals surface area contributed by atoms with Crippen molar-refractivity contribution in [3.63, 3.8) is 0 Å². The van der Waals surface area contributed by atoms with Crippen LogP contribution < -0.4 is 5.32 Å². The summed E-state index contributed by atoms with van der Waals surface area (Å²) in [5.41, 5.74) is 2.84. The molecule has 0 aliphatic heterocycles. The highest BCUT2D eigenvalue weighted by Gasteiger charge is 2.20. The van der Waals surface area contributed by atoms with E-state index in [1.165, 1.54) is 23.5 Å². The molecule has 1 unspecified atom stereocenters. The van der Waals surface area contributed by atoms with Crippen molar-refractivity contribution in [2.75, 3.05) is 6.54 Å². The van der Waals surface area contributed by atoms with Crippen LogP contribution in [0.25, 0.3) is 0 Å². The SMILES string of the molecule is CCNC(c1ccc(F)cc1C)c1cc(Cl)sc1Cl. The van der Waals surface area contributed by atoms with Crippen molar-refractivity contribution in [2.45, 2.75) is 19.9 Å². The van der Waals surface area contributed by atoms with Gasteiger partial charge in [0, 0.05) is 5.56 Å². The molecule has 1 aromatic carbocycles. The quantitative estimate of drug-likeness (QED) is 0.817. The van der Waals surface area contributed by atoms with Crippen LogP contribution in [0.5, 0.6) is 0 Å². The van der Waals surface area contributed by atoms with Gasteiger partial charge in [0.1, 0.15) is 5.82 Å². The largest absolute Gasteiger partial charge is 0.306 e. The summed E-state index contributed by atoms with van der Waals surface area (Å²) in [5.74, 6) is -0.231. The summed E-state index contributed by atoms with van der Waals surface area (Å²) in [7, 11) is 0. The van der Waals surface area contributed by atoms with Crippen molar-refractivity contribution >= 4 is 34.5 Å². The minimum Gasteiger partial charge on any atom is -0.306 e. The molecular formula is C14H14Cl2FNS. The lowest BCUT2D eigenvalue weighted by Crippen LogP contribution is -2.22. The van der Waals surface area contributed by atoms with E-state index >= 15 is 0 Å². The van der Waals surface area contributed by atoms with Crippen LogP contribution in [-0.4, -0.2) is 6.54 Å². The fraction of sp³-hybridized carbons (Fsp3) is 0.286. The molecule has 1 nitrogen and oxygen atoms in total. The number of rotatable bonds is 4. The van der Waals surface area contributed by atoms with Gasteiger partial charge in [0.15, 0.2) is 0 Å². The first-order chi connectivity index (χ1) is 9.02. The first-order valence-electron chi connectivity index (χ1n) is 5.97. The van der Waals surface area contributed by atoms with E-state index in [2.05, 4.69) is 5.32 Å². The van der Waals surface area contributed by atoms with Crippen LogP contribution in [0.15, 0.2) is 24.3 Å². The molecule has 0 saturated heterocycles. The van der Waals surface area contributed by atoms with E-state index in [0.29, 0.717) is 8.67 Å². The van der Waals surface area contributed by atoms with Gasteiger partial charge >= 0.3 is 0 Å². The van der Waals surface area contributed by atoms with Crippen LogP contribution in [0.4, 0.5) is 4.39 Å². The molecule has 0 saturated carbocycles. The average molecular weight is 318 g/mol. The molecule has 2 rings (SSSR count). The molecule has 0 aliphatic carbocycles. The molecule has 1 atom stereocenters. The van der Waals surface area contributed by atoms with Crippen molar-refractivity contribution < 1.29 is 4.39 Å². The maximum atomic E-state index is 13.2. The van der Waals surface area contributed by atoms with E-state index < -0.39 is 0 Å². The second kappa shape index (κ2) is 6.23. The average Bonchev–Trinajstić information content (AvgIpc) is 2.66. The Morgan fingerprint density at radius 2 is 2.00 bits per heavy atom. The third-order valence-corrected chi connectivity index (χ3v) is 4.46. The standard InChI is InChI=1S/C14H14Cl2FNS/c1-3-18-13(11-7-12(15)19-14(11)16)10-5-4-9(17)6-8(10)2/h4-7,13,18H,3H2,1-2H3. The molecule has 1 heterocycles. The number of halogens is 3. The summed E-state index contributed by atoms with van der Waals surface area (Å²) < 4.78 is 14.5. The monoisotopic (exact) mass is 317 g/mol. The Balaban J connectivity index is 2.48. The Kier molecular flexibility index (Phi) is 4.85. The fourth-order valence-corrected chi connectivity index (χ4v) is 3.64. The first kappa shape index (κ1) is 14.8. The zero-order chi connectivity index (χ0) is 14.0. The zero-order valence-electron chi connectivity index (χ0n) is 10.6. The smallest absolute Gasteiger partial charge is 0.123 e. The molecule has 0 amide bonds. The van der Waals surface area contributed by atoms with Crippen LogP contribution in [-0.2, 0) is 0 Å². The summed E-state index contributed by atoms with van der Waals surface area (Å²) in [6.07, 6.45) is 0. The number of aryl methyl sites for hydroxylation is 1. The molecule has 19 heavy (non-hydrogen) atoms. The molecule has 1 aromatic heterocycles. The van der Waals surface area contributed by atoms with Gasteiger partial charge in [-0.1, -0.05) is 36.2 Å². The molecule has 0 fully saturated rings. The van der Waals surface area contributed by atoms with Gasteiger partial charge < -0.3 is 5.32 Å². The Bertz CT molecular complexity index is 583. The molecule has 0 spiro atoms. The molecule has 0 radical (unpaired) electrons. The molecule has 0 aliphatic rings. The van der Waals surface area contributed by atoms with Crippen LogP contribution in [0.2, 0.25) is 8.67 Å². The third kappa shape index (κ3) is 3.29. The van der Waals surface area contributed by atoms with Crippen LogP contribution >= 0.6 is 34.5 Å². The number of hydrogen-bond acceptors (Lipinski definition) is 2. The van der Waals surface area contributed by atoms with Crippen LogP contribution in [0.1, 0.15) is 29.7 Å². The lowest BCUT2D eigenvalue weighted by Gasteiger charge is -2.20. The summed E-state index contributed by atoms with van der Waals surface area (Å²) in [5, 5.41) is 3.37. The lowest BCUT2D eigenvalue weighted by atomic mass is 9.96. The van der Waals surface area contributed by atoms with E-state index in [0.717, 1.165) is 23.2 Å². The van der Waals surface area contributed by atoms with Gasteiger partial charge in [-0.25, -0.2) is 4.39 Å². The Hall–Kier alpha value is -0.610. The fourth-order valence-electron chi connectivity index (χ4n) is 2.10. The first-order valence-corrected chi connectivity index (χ1v) is 7.54. The van der Waals surface area contributed by atoms with Gasteiger partial charge in [-0.15, -0.1) is 11.3 Å². The molecule has 102 valence electrons. The van der Waals surface area contributed by atoms with Crippen molar-refractivity contribution in [3.8, 4) is 0 Å². The molecule has 5 heteroatoms. The Morgan fingerprint density at radius 3 is 2.53 bits per heavy atom. The van der Waals surface area contributed by atoms with Gasteiger partial charge in [0.25, 0.3) is 0 Å². The van der Waals surface area contributed by atoms with Gasteiger partial charge in [0.05, 0.1) is 14.7 Å². The maximum Gasteiger partial charge on any atom is 0.123 e. The molecule has 0 bridgehead atoms. The summed E-state index contributed by atoms with van der Waals surface area (Å²) >= 11 is 13.6. The normalized spacial score (nSPS) is 12.7. The van der Waals surface area contributed by atoms with E-state index in [4.69, 9.17) is 23.2 Å². The van der Waals surface area contributed by atoms with Gasteiger partial charge in [-0.2, -0.15) is 0 Å². The molecule has 2 aromatic rings. The Labute approximate surface area is 126 Å². The van der Waals surface area contributed by atoms with Gasteiger partial charge in [-0.3, -0.25) is 0 Å². The van der Waals surface area contributed by atoms with Crippen molar-refractivity contribution in [2.24, 2.45) is 0 Å². The van der Waals surface area contributed by atoms with Crippen molar-refractivity contribution in [3.05, 3.63) is 55.4 Å². The number of thiophene rings is 1. The lowest BCUT2D eigenvalue weighted by molar-refractivity contribution is 0.611. The van der Waals surface area contributed by atoms with E-state index in [9.17, 15) is 4.39 Å². The van der Waals surface area contributed by atoms with Crippen LogP contribution in [0, 0.1) is 12.7 Å². The zero-order valence-corrected chi connectivity index (χ0v) is 13.0. The number of hydrogen-bond donors (Lipinski definition) is 1. The topological polar surface area (TPSA) is 12.0 Å². The van der Waals surface area contributed by atoms with E-state index in [-0.39, 0.29) is 11.9 Å². The highest BCUT2D eigenvalue weighted by atomic mass is 35.5. The number of nitrogens with one attached hydrogen (secondary N) is 1. The minimum absolute atomic E-state index is 0.0677. The second-order valence-electron chi connectivity index (χ2n) is 4.27. The highest BCUT2D eigenvalue weighted by molar-refractivity contribution is 7.20. The molecular weight excluding hydrogens is 304 g/mol.